The minimum absolute atomic E-state index is 0.490. The molecule has 1 aliphatic rings. The Hall–Kier alpha value is -0.120. The van der Waals surface area contributed by atoms with Crippen LogP contribution in [0.4, 0.5) is 0 Å². The quantitative estimate of drug-likeness (QED) is 0.492. The van der Waals surface area contributed by atoms with Gasteiger partial charge in [0, 0.05) is 9.75 Å². The van der Waals surface area contributed by atoms with Crippen LogP contribution >= 0.6 is 38.6 Å². The minimum atomic E-state index is 0.490. The van der Waals surface area contributed by atoms with Crippen molar-refractivity contribution < 1.29 is 0 Å². The Balaban J connectivity index is 1.76. The molecule has 3 rings (SSSR count). The van der Waals surface area contributed by atoms with Crippen LogP contribution < -0.4 is 0 Å². The Morgan fingerprint density at radius 1 is 1.22 bits per heavy atom. The van der Waals surface area contributed by atoms with E-state index in [0.717, 1.165) is 6.42 Å². The van der Waals surface area contributed by atoms with Crippen LogP contribution in [0.25, 0.3) is 0 Å². The molecule has 2 aromatic rings. The summed E-state index contributed by atoms with van der Waals surface area (Å²) in [4.78, 5) is 3.66. The Morgan fingerprint density at radius 2 is 2.11 bits per heavy atom. The summed E-state index contributed by atoms with van der Waals surface area (Å²) in [5, 5.41) is 4.42. The van der Waals surface area contributed by atoms with E-state index < -0.39 is 0 Å². The number of rotatable bonds is 3. The maximum atomic E-state index is 3.87. The third-order valence-corrected chi connectivity index (χ3v) is 6.77. The molecule has 0 spiro atoms. The van der Waals surface area contributed by atoms with Crippen molar-refractivity contribution in [3.63, 3.8) is 0 Å². The van der Waals surface area contributed by atoms with E-state index in [0.29, 0.717) is 4.83 Å². The predicted octanol–water partition coefficient (Wildman–Crippen LogP) is 5.76. The summed E-state index contributed by atoms with van der Waals surface area (Å²) in [6.45, 7) is 0. The average molecular weight is 341 g/mol. The Kier molecular flexibility index (Phi) is 4.22. The van der Waals surface area contributed by atoms with Gasteiger partial charge in [0.2, 0.25) is 0 Å². The van der Waals surface area contributed by atoms with E-state index in [1.165, 1.54) is 42.5 Å². The summed E-state index contributed by atoms with van der Waals surface area (Å²) in [7, 11) is 0. The molecule has 0 saturated heterocycles. The second kappa shape index (κ2) is 5.89. The Morgan fingerprint density at radius 3 is 2.94 bits per heavy atom. The molecule has 0 nitrogen and oxygen atoms in total. The molecule has 2 heterocycles. The lowest BCUT2D eigenvalue weighted by Crippen LogP contribution is -1.91. The first-order valence-electron chi connectivity index (χ1n) is 6.59. The van der Waals surface area contributed by atoms with Crippen LogP contribution in [0.2, 0.25) is 0 Å². The number of hydrogen-bond donors (Lipinski definition) is 0. The number of fused-ring (bicyclic) bond motifs is 1. The van der Waals surface area contributed by atoms with Gasteiger partial charge >= 0.3 is 0 Å². The fourth-order valence-corrected chi connectivity index (χ4v) is 5.26. The molecular weight excluding hydrogens is 324 g/mol. The molecule has 0 N–H and O–H groups in total. The third kappa shape index (κ3) is 2.89. The molecule has 0 radical (unpaired) electrons. The molecule has 18 heavy (non-hydrogen) atoms. The van der Waals surface area contributed by atoms with Crippen LogP contribution in [0.5, 0.6) is 0 Å². The van der Waals surface area contributed by atoms with Crippen molar-refractivity contribution in [2.24, 2.45) is 0 Å². The van der Waals surface area contributed by atoms with E-state index >= 15 is 0 Å². The standard InChI is InChI=1S/C15H17BrS2/c16-13(8-11-6-7-17-10-11)15-9-12-4-2-1-3-5-14(12)18-15/h6-7,9-10,13H,1-5,8H2. The first-order valence-corrected chi connectivity index (χ1v) is 9.27. The highest BCUT2D eigenvalue weighted by molar-refractivity contribution is 9.09. The van der Waals surface area contributed by atoms with E-state index in [-0.39, 0.29) is 0 Å². The van der Waals surface area contributed by atoms with E-state index in [2.05, 4.69) is 38.8 Å². The van der Waals surface area contributed by atoms with Crippen LogP contribution in [0.3, 0.4) is 0 Å². The highest BCUT2D eigenvalue weighted by atomic mass is 79.9. The smallest absolute Gasteiger partial charge is 0.0529 e. The van der Waals surface area contributed by atoms with Crippen molar-refractivity contribution in [3.05, 3.63) is 43.8 Å². The van der Waals surface area contributed by atoms with Crippen molar-refractivity contribution in [1.29, 1.82) is 0 Å². The van der Waals surface area contributed by atoms with Crippen LogP contribution in [0, 0.1) is 0 Å². The van der Waals surface area contributed by atoms with Crippen molar-refractivity contribution in [3.8, 4) is 0 Å². The normalized spacial score (nSPS) is 17.2. The monoisotopic (exact) mass is 340 g/mol. The van der Waals surface area contributed by atoms with E-state index in [1.54, 1.807) is 21.8 Å². The molecule has 96 valence electrons. The maximum absolute atomic E-state index is 3.87. The van der Waals surface area contributed by atoms with Gasteiger partial charge in [-0.3, -0.25) is 0 Å². The van der Waals surface area contributed by atoms with Crippen molar-refractivity contribution in [1.82, 2.24) is 0 Å². The molecule has 1 atom stereocenters. The number of hydrogen-bond acceptors (Lipinski definition) is 2. The van der Waals surface area contributed by atoms with Crippen molar-refractivity contribution >= 4 is 38.6 Å². The zero-order valence-corrected chi connectivity index (χ0v) is 13.5. The molecule has 3 heteroatoms. The molecule has 2 aromatic heterocycles. The van der Waals surface area contributed by atoms with Gasteiger partial charge in [-0.2, -0.15) is 11.3 Å². The van der Waals surface area contributed by atoms with Gasteiger partial charge in [-0.05, 0) is 66.1 Å². The fraction of sp³-hybridized carbons (Fsp3) is 0.467. The molecular formula is C15H17BrS2. The number of halogens is 1. The summed E-state index contributed by atoms with van der Waals surface area (Å²) in [6, 6.07) is 4.69. The lowest BCUT2D eigenvalue weighted by Gasteiger charge is -2.05. The fourth-order valence-electron chi connectivity index (χ4n) is 2.56. The van der Waals surface area contributed by atoms with Gasteiger partial charge in [0.1, 0.15) is 0 Å². The summed E-state index contributed by atoms with van der Waals surface area (Å²) >= 11 is 7.69. The lowest BCUT2D eigenvalue weighted by atomic mass is 10.1. The summed E-state index contributed by atoms with van der Waals surface area (Å²) in [6.07, 6.45) is 7.87. The molecule has 0 saturated carbocycles. The molecule has 0 aromatic carbocycles. The first-order chi connectivity index (χ1) is 8.83. The number of thiophene rings is 2. The molecule has 0 aliphatic heterocycles. The molecule has 0 fully saturated rings. The first kappa shape index (κ1) is 12.9. The van der Waals surface area contributed by atoms with Gasteiger partial charge in [0.05, 0.1) is 4.83 Å². The second-order valence-electron chi connectivity index (χ2n) is 4.96. The number of alkyl halides is 1. The van der Waals surface area contributed by atoms with Gasteiger partial charge in [0.15, 0.2) is 0 Å². The zero-order chi connectivity index (χ0) is 12.4. The van der Waals surface area contributed by atoms with Crippen LogP contribution in [-0.4, -0.2) is 0 Å². The Labute approximate surface area is 125 Å². The molecule has 1 unspecified atom stereocenters. The zero-order valence-electron chi connectivity index (χ0n) is 10.3. The molecule has 1 aliphatic carbocycles. The lowest BCUT2D eigenvalue weighted by molar-refractivity contribution is 0.712. The van der Waals surface area contributed by atoms with Gasteiger partial charge in [-0.15, -0.1) is 11.3 Å². The minimum Gasteiger partial charge on any atom is -0.152 e. The number of aryl methyl sites for hydroxylation is 2. The SMILES string of the molecule is BrC(Cc1ccsc1)c1cc2c(s1)CCCCC2. The van der Waals surface area contributed by atoms with Crippen LogP contribution in [-0.2, 0) is 19.3 Å². The van der Waals surface area contributed by atoms with Crippen molar-refractivity contribution in [2.45, 2.75) is 43.4 Å². The van der Waals surface area contributed by atoms with Gasteiger partial charge in [-0.1, -0.05) is 22.4 Å². The molecule has 0 amide bonds. The van der Waals surface area contributed by atoms with Gasteiger partial charge in [0.25, 0.3) is 0 Å². The summed E-state index contributed by atoms with van der Waals surface area (Å²) < 4.78 is 0. The second-order valence-corrected chi connectivity index (χ2v) is 8.01. The summed E-state index contributed by atoms with van der Waals surface area (Å²) in [5.74, 6) is 0. The van der Waals surface area contributed by atoms with E-state index in [4.69, 9.17) is 0 Å². The van der Waals surface area contributed by atoms with Gasteiger partial charge < -0.3 is 0 Å². The van der Waals surface area contributed by atoms with Crippen molar-refractivity contribution in [2.75, 3.05) is 0 Å². The van der Waals surface area contributed by atoms with E-state index in [9.17, 15) is 0 Å². The predicted molar refractivity (Wildman–Crippen MR) is 85.3 cm³/mol. The van der Waals surface area contributed by atoms with Crippen LogP contribution in [0.15, 0.2) is 22.9 Å². The largest absolute Gasteiger partial charge is 0.152 e. The average Bonchev–Trinajstić information content (AvgIpc) is 2.95. The van der Waals surface area contributed by atoms with E-state index in [1.807, 2.05) is 11.3 Å². The van der Waals surface area contributed by atoms with Crippen LogP contribution in [0.1, 0.15) is 45.0 Å². The topological polar surface area (TPSA) is 0 Å². The highest BCUT2D eigenvalue weighted by Crippen LogP contribution is 2.37. The third-order valence-electron chi connectivity index (χ3n) is 3.57. The Bertz CT molecular complexity index is 475. The molecule has 0 bridgehead atoms. The summed E-state index contributed by atoms with van der Waals surface area (Å²) in [5.41, 5.74) is 3.08. The maximum Gasteiger partial charge on any atom is 0.0529 e. The van der Waals surface area contributed by atoms with Gasteiger partial charge in [-0.25, -0.2) is 0 Å². The highest BCUT2D eigenvalue weighted by Gasteiger charge is 2.17.